The van der Waals surface area contributed by atoms with E-state index in [2.05, 4.69) is 168 Å². The van der Waals surface area contributed by atoms with Crippen molar-refractivity contribution in [2.45, 2.75) is 33.1 Å². The highest BCUT2D eigenvalue weighted by Crippen LogP contribution is 2.63. The van der Waals surface area contributed by atoms with Crippen LogP contribution >= 0.6 is 0 Å². The van der Waals surface area contributed by atoms with E-state index in [4.69, 9.17) is 0 Å². The molecule has 1 unspecified atom stereocenters. The van der Waals surface area contributed by atoms with Crippen LogP contribution in [0.3, 0.4) is 0 Å². The first kappa shape index (κ1) is 28.2. The van der Waals surface area contributed by atoms with Gasteiger partial charge in [-0.1, -0.05) is 158 Å². The molecule has 0 aliphatic heterocycles. The zero-order valence-electron chi connectivity index (χ0n) is 25.6. The van der Waals surface area contributed by atoms with Gasteiger partial charge in [-0.25, -0.2) is 0 Å². The molecule has 1 atom stereocenters. The van der Waals surface area contributed by atoms with Crippen LogP contribution in [0, 0.1) is 6.92 Å². The maximum atomic E-state index is 4.22. The highest BCUT2D eigenvalue weighted by atomic mass is 14.5. The number of allylic oxidation sites excluding steroid dienone is 7. The normalized spacial score (nSPS) is 16.5. The average molecular weight is 555 g/mol. The summed E-state index contributed by atoms with van der Waals surface area (Å²) in [6, 6.07) is 44.0. The summed E-state index contributed by atoms with van der Waals surface area (Å²) in [6.45, 7) is 12.6. The molecular formula is C43H38. The first-order chi connectivity index (χ1) is 21.1. The second-order valence-corrected chi connectivity index (χ2v) is 11.3. The molecule has 0 radical (unpaired) electrons. The molecule has 1 spiro atoms. The van der Waals surface area contributed by atoms with E-state index in [1.165, 1.54) is 72.4 Å². The standard InChI is InChI=1S/C33H26.C10H12/c1-4-11-28-24(5-2)26-12-6-8-15-29(26)33(28)30-16-9-7-13-27(30)32-25(14-10-17-31(32)33)23-20-18-22(3)19-21-23;1-3-9(2)10-7-5-4-6-8-10/h4-21H,2H2,1,3H3;3-8H,1-2H3/b11-4-;9-3+. The van der Waals surface area contributed by atoms with Gasteiger partial charge in [-0.2, -0.15) is 0 Å². The highest BCUT2D eigenvalue weighted by molar-refractivity contribution is 6.01. The van der Waals surface area contributed by atoms with E-state index < -0.39 is 0 Å². The zero-order chi connectivity index (χ0) is 30.0. The summed E-state index contributed by atoms with van der Waals surface area (Å²) in [5.41, 5.74) is 16.7. The number of hydrogen-bond acceptors (Lipinski definition) is 0. The van der Waals surface area contributed by atoms with Gasteiger partial charge in [0.1, 0.15) is 0 Å². The average Bonchev–Trinajstić information content (AvgIpc) is 3.52. The smallest absolute Gasteiger partial charge is 0.0725 e. The van der Waals surface area contributed by atoms with E-state index in [0.29, 0.717) is 0 Å². The molecule has 0 nitrogen and oxygen atoms in total. The van der Waals surface area contributed by atoms with Crippen LogP contribution < -0.4 is 0 Å². The van der Waals surface area contributed by atoms with Gasteiger partial charge >= 0.3 is 0 Å². The summed E-state index contributed by atoms with van der Waals surface area (Å²) in [6.07, 6.45) is 8.61. The Kier molecular flexibility index (Phi) is 7.70. The molecule has 0 heterocycles. The minimum Gasteiger partial charge on any atom is -0.0984 e. The molecule has 210 valence electrons. The van der Waals surface area contributed by atoms with Crippen LogP contribution in [0.4, 0.5) is 0 Å². The second-order valence-electron chi connectivity index (χ2n) is 11.3. The van der Waals surface area contributed by atoms with Crippen LogP contribution in [-0.4, -0.2) is 0 Å². The fourth-order valence-electron chi connectivity index (χ4n) is 6.89. The summed E-state index contributed by atoms with van der Waals surface area (Å²) >= 11 is 0. The lowest BCUT2D eigenvalue weighted by atomic mass is 9.69. The minimum absolute atomic E-state index is 0.334. The van der Waals surface area contributed by atoms with Crippen LogP contribution in [-0.2, 0) is 5.41 Å². The van der Waals surface area contributed by atoms with Gasteiger partial charge in [-0.15, -0.1) is 0 Å². The van der Waals surface area contributed by atoms with Gasteiger partial charge in [0.25, 0.3) is 0 Å². The quantitative estimate of drug-likeness (QED) is 0.207. The molecule has 0 aromatic heterocycles. The lowest BCUT2D eigenvalue weighted by molar-refractivity contribution is 0.786. The van der Waals surface area contributed by atoms with E-state index in [1.54, 1.807) is 0 Å². The van der Waals surface area contributed by atoms with Crippen LogP contribution in [0.15, 0.2) is 158 Å². The van der Waals surface area contributed by atoms with Crippen LogP contribution in [0.25, 0.3) is 33.4 Å². The van der Waals surface area contributed by atoms with Crippen LogP contribution in [0.5, 0.6) is 0 Å². The number of hydrogen-bond donors (Lipinski definition) is 0. The first-order valence-corrected chi connectivity index (χ1v) is 15.1. The number of rotatable bonds is 4. The molecule has 0 saturated heterocycles. The maximum Gasteiger partial charge on any atom is 0.0725 e. The third-order valence-corrected chi connectivity index (χ3v) is 8.95. The van der Waals surface area contributed by atoms with Crippen molar-refractivity contribution in [2.24, 2.45) is 0 Å². The van der Waals surface area contributed by atoms with E-state index in [9.17, 15) is 0 Å². The molecule has 0 fully saturated rings. The molecule has 0 N–H and O–H groups in total. The molecule has 5 aromatic carbocycles. The Morgan fingerprint density at radius 2 is 1.21 bits per heavy atom. The molecule has 2 aliphatic rings. The molecule has 0 amide bonds. The Morgan fingerprint density at radius 1 is 0.628 bits per heavy atom. The van der Waals surface area contributed by atoms with Crippen molar-refractivity contribution in [2.75, 3.05) is 0 Å². The van der Waals surface area contributed by atoms with Crippen molar-refractivity contribution in [3.8, 4) is 22.3 Å². The van der Waals surface area contributed by atoms with Gasteiger partial charge in [-0.05, 0) is 94.5 Å². The molecule has 7 rings (SSSR count). The third kappa shape index (κ3) is 4.55. The van der Waals surface area contributed by atoms with Gasteiger partial charge in [0.2, 0.25) is 0 Å². The maximum absolute atomic E-state index is 4.22. The predicted molar refractivity (Wildman–Crippen MR) is 186 cm³/mol. The van der Waals surface area contributed by atoms with E-state index in [1.807, 2.05) is 12.1 Å². The monoisotopic (exact) mass is 554 g/mol. The number of fused-ring (bicyclic) bond motifs is 7. The molecule has 0 heteroatoms. The molecular weight excluding hydrogens is 516 g/mol. The summed E-state index contributed by atoms with van der Waals surface area (Å²) in [7, 11) is 0. The van der Waals surface area contributed by atoms with E-state index in [-0.39, 0.29) is 5.41 Å². The molecule has 0 bridgehead atoms. The first-order valence-electron chi connectivity index (χ1n) is 15.1. The van der Waals surface area contributed by atoms with Crippen molar-refractivity contribution in [1.29, 1.82) is 0 Å². The molecule has 2 aliphatic carbocycles. The van der Waals surface area contributed by atoms with Gasteiger partial charge < -0.3 is 0 Å². The largest absolute Gasteiger partial charge is 0.0984 e. The lowest BCUT2D eigenvalue weighted by Crippen LogP contribution is -2.26. The van der Waals surface area contributed by atoms with E-state index in [0.717, 1.165) is 0 Å². The molecule has 0 saturated carbocycles. The minimum atomic E-state index is -0.334. The fourth-order valence-corrected chi connectivity index (χ4v) is 6.89. The Balaban J connectivity index is 0.000000281. The van der Waals surface area contributed by atoms with Crippen molar-refractivity contribution in [1.82, 2.24) is 0 Å². The zero-order valence-corrected chi connectivity index (χ0v) is 25.6. The Morgan fingerprint density at radius 3 is 1.86 bits per heavy atom. The lowest BCUT2D eigenvalue weighted by Gasteiger charge is -2.31. The summed E-state index contributed by atoms with van der Waals surface area (Å²) < 4.78 is 0. The van der Waals surface area contributed by atoms with Crippen molar-refractivity contribution in [3.63, 3.8) is 0 Å². The fraction of sp³-hybridized carbons (Fsp3) is 0.116. The van der Waals surface area contributed by atoms with Gasteiger partial charge in [-0.3, -0.25) is 0 Å². The van der Waals surface area contributed by atoms with Crippen LogP contribution in [0.2, 0.25) is 0 Å². The Bertz CT molecular complexity index is 1890. The van der Waals surface area contributed by atoms with Crippen LogP contribution in [0.1, 0.15) is 54.2 Å². The summed E-state index contributed by atoms with van der Waals surface area (Å²) in [4.78, 5) is 0. The number of aryl methyl sites for hydroxylation is 1. The Labute approximate surface area is 257 Å². The van der Waals surface area contributed by atoms with Crippen molar-refractivity contribution in [3.05, 3.63) is 191 Å². The topological polar surface area (TPSA) is 0 Å². The highest BCUT2D eigenvalue weighted by Gasteiger charge is 2.52. The van der Waals surface area contributed by atoms with Crippen molar-refractivity contribution < 1.29 is 0 Å². The van der Waals surface area contributed by atoms with Gasteiger partial charge in [0.15, 0.2) is 0 Å². The van der Waals surface area contributed by atoms with E-state index >= 15 is 0 Å². The van der Waals surface area contributed by atoms with Gasteiger partial charge in [0, 0.05) is 0 Å². The second kappa shape index (κ2) is 11.7. The summed E-state index contributed by atoms with van der Waals surface area (Å²) in [5.74, 6) is 0. The molecule has 43 heavy (non-hydrogen) atoms. The van der Waals surface area contributed by atoms with Gasteiger partial charge in [0.05, 0.1) is 5.41 Å². The number of benzene rings is 5. The third-order valence-electron chi connectivity index (χ3n) is 8.95. The Hall–Kier alpha value is -4.94. The SMILES string of the molecule is C/C=C(\C)c1ccccc1.C=CC1=C(/C=C\C)C2(c3ccccc31)c1ccccc1-c1c(-c3ccc(C)cc3)cccc12. The predicted octanol–water partition coefficient (Wildman–Crippen LogP) is 11.6. The molecule has 5 aromatic rings. The van der Waals surface area contributed by atoms with Crippen molar-refractivity contribution >= 4 is 11.1 Å². The summed E-state index contributed by atoms with van der Waals surface area (Å²) in [5, 5.41) is 0.